The summed E-state index contributed by atoms with van der Waals surface area (Å²) in [5, 5.41) is 10.6. The van der Waals surface area contributed by atoms with E-state index in [-0.39, 0.29) is 18.2 Å². The second kappa shape index (κ2) is 12.1. The number of nitrogens with zero attached hydrogens (tertiary/aromatic N) is 6. The Kier molecular flexibility index (Phi) is 8.03. The summed E-state index contributed by atoms with van der Waals surface area (Å²) in [5.41, 5.74) is 4.53. The first-order valence-electron chi connectivity index (χ1n) is 16.1. The molecule has 3 atom stereocenters. The molecule has 4 aromatic heterocycles. The van der Waals surface area contributed by atoms with Crippen molar-refractivity contribution in [1.82, 2.24) is 29.1 Å². The number of hydrogen-bond acceptors (Lipinski definition) is 5. The fraction of sp³-hybridized carbons (Fsp3) is 0.529. The van der Waals surface area contributed by atoms with Gasteiger partial charge >= 0.3 is 0 Å². The van der Waals surface area contributed by atoms with Gasteiger partial charge in [-0.15, -0.1) is 0 Å². The van der Waals surface area contributed by atoms with Crippen molar-refractivity contribution in [3.05, 3.63) is 72.6 Å². The fourth-order valence-electron chi connectivity index (χ4n) is 8.00. The third kappa shape index (κ3) is 5.57. The van der Waals surface area contributed by atoms with Crippen LogP contribution >= 0.6 is 0 Å². The number of alkyl halides is 1. The molecule has 6 heterocycles. The molecule has 2 saturated carbocycles. The lowest BCUT2D eigenvalue weighted by Crippen LogP contribution is -2.27. The van der Waals surface area contributed by atoms with E-state index in [4.69, 9.17) is 0 Å². The van der Waals surface area contributed by atoms with Crippen molar-refractivity contribution in [2.24, 2.45) is 5.92 Å². The molecule has 2 aliphatic carbocycles. The van der Waals surface area contributed by atoms with E-state index in [1.807, 2.05) is 9.13 Å². The zero-order valence-electron chi connectivity index (χ0n) is 24.9. The minimum atomic E-state index is -1.05. The minimum Gasteiger partial charge on any atom is -0.393 e. The highest BCUT2D eigenvalue weighted by Gasteiger charge is 2.36. The van der Waals surface area contributed by atoms with Crippen LogP contribution in [0.3, 0.4) is 0 Å². The van der Waals surface area contributed by atoms with Gasteiger partial charge < -0.3 is 14.2 Å². The summed E-state index contributed by atoms with van der Waals surface area (Å²) < 4.78 is 46.0. The van der Waals surface area contributed by atoms with Crippen LogP contribution in [0.15, 0.2) is 49.6 Å². The van der Waals surface area contributed by atoms with Crippen molar-refractivity contribution in [1.29, 1.82) is 0 Å². The molecule has 0 aromatic carbocycles. The first kappa shape index (κ1) is 29.2. The predicted molar refractivity (Wildman–Crippen MR) is 160 cm³/mol. The maximum absolute atomic E-state index is 14.9. The topological polar surface area (TPSA) is 81.7 Å². The summed E-state index contributed by atoms with van der Waals surface area (Å²) in [7, 11) is 0. The molecule has 1 N–H and O–H groups in total. The molecular weight excluding hydrogens is 565 g/mol. The SMILES string of the molecule is Fc1cc2c(cn1)-c1cncn1[C@H]2CCC1(F)CCCCC1.OC(CC1c2cc(F)ncc2-c2cncn21)C1CCCCC1. The summed E-state index contributed by atoms with van der Waals surface area (Å²) in [6.45, 7) is 0. The van der Waals surface area contributed by atoms with E-state index in [0.717, 1.165) is 65.7 Å². The van der Waals surface area contributed by atoms with E-state index < -0.39 is 17.6 Å². The van der Waals surface area contributed by atoms with E-state index >= 15 is 0 Å². The molecule has 2 aliphatic heterocycles. The average Bonchev–Trinajstić information content (AvgIpc) is 3.81. The van der Waals surface area contributed by atoms with Gasteiger partial charge in [-0.1, -0.05) is 38.5 Å². The number of aliphatic hydroxyl groups excluding tert-OH is 1. The van der Waals surface area contributed by atoms with Crippen molar-refractivity contribution in [2.45, 2.75) is 107 Å². The van der Waals surface area contributed by atoms with Crippen LogP contribution in [0, 0.1) is 17.8 Å². The highest BCUT2D eigenvalue weighted by atomic mass is 19.1. The molecule has 2 unspecified atom stereocenters. The molecule has 44 heavy (non-hydrogen) atoms. The van der Waals surface area contributed by atoms with Crippen LogP contribution in [0.4, 0.5) is 13.2 Å². The van der Waals surface area contributed by atoms with Gasteiger partial charge in [0.2, 0.25) is 11.9 Å². The van der Waals surface area contributed by atoms with Crippen LogP contribution in [0.1, 0.15) is 107 Å². The fourth-order valence-corrected chi connectivity index (χ4v) is 8.00. The summed E-state index contributed by atoms with van der Waals surface area (Å²) in [6, 6.07) is 2.92. The Morgan fingerprint density at radius 1 is 0.773 bits per heavy atom. The van der Waals surface area contributed by atoms with Crippen LogP contribution in [0.5, 0.6) is 0 Å². The quantitative estimate of drug-likeness (QED) is 0.228. The minimum absolute atomic E-state index is 0.0282. The third-order valence-electron chi connectivity index (χ3n) is 10.4. The van der Waals surface area contributed by atoms with E-state index in [9.17, 15) is 18.3 Å². The van der Waals surface area contributed by atoms with Crippen molar-refractivity contribution in [3.8, 4) is 22.5 Å². The lowest BCUT2D eigenvalue weighted by Gasteiger charge is -2.30. The van der Waals surface area contributed by atoms with Gasteiger partial charge in [-0.2, -0.15) is 8.78 Å². The number of rotatable bonds is 6. The van der Waals surface area contributed by atoms with Crippen LogP contribution in [0.25, 0.3) is 22.5 Å². The first-order chi connectivity index (χ1) is 21.4. The van der Waals surface area contributed by atoms with Crippen molar-refractivity contribution in [2.75, 3.05) is 0 Å². The number of pyridine rings is 2. The molecule has 7 nitrogen and oxygen atoms in total. The van der Waals surface area contributed by atoms with Gasteiger partial charge in [0.1, 0.15) is 5.67 Å². The van der Waals surface area contributed by atoms with Crippen molar-refractivity contribution < 1.29 is 18.3 Å². The molecule has 0 bridgehead atoms. The maximum atomic E-state index is 14.9. The van der Waals surface area contributed by atoms with Crippen molar-refractivity contribution >= 4 is 0 Å². The number of hydrogen-bond donors (Lipinski definition) is 1. The summed E-state index contributed by atoms with van der Waals surface area (Å²) >= 11 is 0. The Morgan fingerprint density at radius 3 is 1.93 bits per heavy atom. The van der Waals surface area contributed by atoms with Gasteiger partial charge in [0.05, 0.1) is 54.6 Å². The molecule has 232 valence electrons. The lowest BCUT2D eigenvalue weighted by molar-refractivity contribution is 0.0686. The third-order valence-corrected chi connectivity index (χ3v) is 10.4. The molecule has 8 rings (SSSR count). The monoisotopic (exact) mass is 604 g/mol. The van der Waals surface area contributed by atoms with Gasteiger partial charge in [-0.3, -0.25) is 0 Å². The molecule has 10 heteroatoms. The van der Waals surface area contributed by atoms with E-state index in [0.29, 0.717) is 38.0 Å². The standard InChI is InChI=1S/C17H19F2N3.C17H20FN3O/c18-16-8-12-13(9-21-16)15-10-20-11-22(15)14(12)4-7-17(19)5-2-1-3-6-17;18-17-6-12-13(8-20-17)15-9-19-10-21(15)14(12)7-16(22)11-4-2-1-3-5-11/h8-11,14H,1-7H2;6,8-11,14,16,22H,1-5,7H2/t14-;/m0./s1. The smallest absolute Gasteiger partial charge is 0.213 e. The zero-order valence-corrected chi connectivity index (χ0v) is 24.9. The first-order valence-corrected chi connectivity index (χ1v) is 16.1. The molecule has 0 spiro atoms. The highest BCUT2D eigenvalue weighted by Crippen LogP contribution is 2.45. The van der Waals surface area contributed by atoms with Gasteiger partial charge in [-0.05, 0) is 74.1 Å². The summed E-state index contributed by atoms with van der Waals surface area (Å²) in [6.07, 6.45) is 22.0. The number of fused-ring (bicyclic) bond motifs is 6. The second-order valence-electron chi connectivity index (χ2n) is 13.0. The van der Waals surface area contributed by atoms with Crippen LogP contribution < -0.4 is 0 Å². The van der Waals surface area contributed by atoms with E-state index in [2.05, 4.69) is 19.9 Å². The van der Waals surface area contributed by atoms with Crippen LogP contribution in [-0.2, 0) is 0 Å². The van der Waals surface area contributed by atoms with Crippen LogP contribution in [-0.4, -0.2) is 45.9 Å². The van der Waals surface area contributed by atoms with Crippen molar-refractivity contribution in [3.63, 3.8) is 0 Å². The molecule has 0 saturated heterocycles. The molecule has 0 amide bonds. The van der Waals surface area contributed by atoms with Crippen LogP contribution in [0.2, 0.25) is 0 Å². The second-order valence-corrected chi connectivity index (χ2v) is 13.0. The maximum Gasteiger partial charge on any atom is 0.213 e. The Balaban J connectivity index is 0.000000142. The predicted octanol–water partition coefficient (Wildman–Crippen LogP) is 7.76. The normalized spacial score (nSPS) is 22.4. The molecule has 2 fully saturated rings. The molecule has 4 aliphatic rings. The molecule has 4 aromatic rings. The number of halogens is 3. The van der Waals surface area contributed by atoms with E-state index in [1.54, 1.807) is 37.4 Å². The van der Waals surface area contributed by atoms with Gasteiger partial charge in [0.25, 0.3) is 0 Å². The Bertz CT molecular complexity index is 1610. The number of aliphatic hydroxyl groups is 1. The average molecular weight is 605 g/mol. The lowest BCUT2D eigenvalue weighted by atomic mass is 9.82. The van der Waals surface area contributed by atoms with Gasteiger partial charge in [-0.25, -0.2) is 24.3 Å². The Hall–Kier alpha value is -3.53. The summed E-state index contributed by atoms with van der Waals surface area (Å²) in [5.74, 6) is -0.568. The highest BCUT2D eigenvalue weighted by molar-refractivity contribution is 5.68. The Morgan fingerprint density at radius 2 is 1.32 bits per heavy atom. The largest absolute Gasteiger partial charge is 0.393 e. The number of imidazole rings is 2. The number of aromatic nitrogens is 6. The van der Waals surface area contributed by atoms with E-state index in [1.165, 1.54) is 31.4 Å². The zero-order chi connectivity index (χ0) is 30.3. The van der Waals surface area contributed by atoms with Gasteiger partial charge in [0.15, 0.2) is 0 Å². The molecular formula is C34H39F3N6O. The Labute approximate surface area is 255 Å². The molecule has 0 radical (unpaired) electrons. The van der Waals surface area contributed by atoms with Gasteiger partial charge in [0, 0.05) is 23.5 Å². The summed E-state index contributed by atoms with van der Waals surface area (Å²) in [4.78, 5) is 15.9.